The van der Waals surface area contributed by atoms with Crippen molar-refractivity contribution in [1.29, 1.82) is 0 Å². The zero-order valence-corrected chi connectivity index (χ0v) is 12.4. The van der Waals surface area contributed by atoms with E-state index in [9.17, 15) is 0 Å². The molecule has 1 atom stereocenters. The average Bonchev–Trinajstić information content (AvgIpc) is 2.85. The summed E-state index contributed by atoms with van der Waals surface area (Å²) in [6, 6.07) is 8.51. The van der Waals surface area contributed by atoms with Gasteiger partial charge in [-0.1, -0.05) is 17.7 Å². The van der Waals surface area contributed by atoms with Crippen molar-refractivity contribution in [3.05, 3.63) is 52.3 Å². The largest absolute Gasteiger partial charge is 0.497 e. The van der Waals surface area contributed by atoms with Gasteiger partial charge in [0.15, 0.2) is 5.15 Å². The molecule has 0 aliphatic heterocycles. The maximum Gasteiger partial charge on any atom is 0.152 e. The third-order valence-corrected chi connectivity index (χ3v) is 4.15. The summed E-state index contributed by atoms with van der Waals surface area (Å²) >= 11 is 6.20. The van der Waals surface area contributed by atoms with Crippen LogP contribution in [0.4, 0.5) is 5.69 Å². The van der Waals surface area contributed by atoms with Crippen molar-refractivity contribution >= 4 is 17.3 Å². The zero-order chi connectivity index (χ0) is 14.1. The quantitative estimate of drug-likeness (QED) is 0.862. The number of nitrogens with one attached hydrogen (secondary N) is 1. The van der Waals surface area contributed by atoms with E-state index in [1.807, 2.05) is 19.1 Å². The fraction of sp³-hybridized carbons (Fsp3) is 0.312. The lowest BCUT2D eigenvalue weighted by Crippen LogP contribution is -2.09. The molecule has 0 spiro atoms. The first-order chi connectivity index (χ1) is 9.69. The van der Waals surface area contributed by atoms with Crippen molar-refractivity contribution in [2.24, 2.45) is 0 Å². The summed E-state index contributed by atoms with van der Waals surface area (Å²) in [6.45, 7) is 2.04. The van der Waals surface area contributed by atoms with Gasteiger partial charge in [0.1, 0.15) is 5.75 Å². The third-order valence-electron chi connectivity index (χ3n) is 3.86. The molecule has 3 rings (SSSR count). The summed E-state index contributed by atoms with van der Waals surface area (Å²) in [4.78, 5) is 4.15. The highest BCUT2D eigenvalue weighted by Gasteiger charge is 2.24. The van der Waals surface area contributed by atoms with Gasteiger partial charge in [0.25, 0.3) is 0 Å². The van der Waals surface area contributed by atoms with Crippen LogP contribution in [0.5, 0.6) is 5.75 Å². The standard InChI is InChI=1S/C16H17ClN2O/c1-10-7-8-18-16(17)15(10)19-14-6-4-11-3-5-12(20-2)9-13(11)14/h3,5,7-9,14,19H,4,6H2,1-2H3. The number of ether oxygens (including phenoxy) is 1. The van der Waals surface area contributed by atoms with Gasteiger partial charge in [-0.25, -0.2) is 4.98 Å². The third kappa shape index (κ3) is 2.34. The second kappa shape index (κ2) is 5.33. The Morgan fingerprint density at radius 2 is 2.20 bits per heavy atom. The Labute approximate surface area is 123 Å². The summed E-state index contributed by atoms with van der Waals surface area (Å²) in [5.74, 6) is 0.895. The number of rotatable bonds is 3. The van der Waals surface area contributed by atoms with Crippen molar-refractivity contribution in [1.82, 2.24) is 4.98 Å². The second-order valence-electron chi connectivity index (χ2n) is 5.09. The smallest absolute Gasteiger partial charge is 0.152 e. The number of anilines is 1. The summed E-state index contributed by atoms with van der Waals surface area (Å²) in [7, 11) is 1.70. The number of halogens is 1. The first kappa shape index (κ1) is 13.3. The molecule has 1 aliphatic carbocycles. The molecule has 0 saturated carbocycles. The Hall–Kier alpha value is -1.74. The van der Waals surface area contributed by atoms with Gasteiger partial charge in [-0.3, -0.25) is 0 Å². The Morgan fingerprint density at radius 1 is 1.35 bits per heavy atom. The number of aryl methyl sites for hydroxylation is 2. The van der Waals surface area contributed by atoms with Crippen LogP contribution in [0.25, 0.3) is 0 Å². The van der Waals surface area contributed by atoms with Gasteiger partial charge in [0.05, 0.1) is 18.8 Å². The predicted molar refractivity (Wildman–Crippen MR) is 81.7 cm³/mol. The Bertz CT molecular complexity index is 622. The van der Waals surface area contributed by atoms with Crippen LogP contribution in [0.15, 0.2) is 30.5 Å². The molecule has 0 amide bonds. The van der Waals surface area contributed by atoms with Crippen LogP contribution in [0.3, 0.4) is 0 Å². The van der Waals surface area contributed by atoms with Gasteiger partial charge < -0.3 is 10.1 Å². The first-order valence-corrected chi connectivity index (χ1v) is 7.11. The highest BCUT2D eigenvalue weighted by molar-refractivity contribution is 6.32. The summed E-state index contributed by atoms with van der Waals surface area (Å²) < 4.78 is 5.32. The van der Waals surface area contributed by atoms with E-state index >= 15 is 0 Å². The molecule has 1 unspecified atom stereocenters. The normalized spacial score (nSPS) is 16.9. The van der Waals surface area contributed by atoms with E-state index in [1.165, 1.54) is 11.1 Å². The van der Waals surface area contributed by atoms with Crippen molar-refractivity contribution < 1.29 is 4.74 Å². The van der Waals surface area contributed by atoms with E-state index in [0.29, 0.717) is 5.15 Å². The van der Waals surface area contributed by atoms with Gasteiger partial charge in [-0.15, -0.1) is 0 Å². The maximum absolute atomic E-state index is 6.20. The van der Waals surface area contributed by atoms with Crippen LogP contribution in [0.2, 0.25) is 5.15 Å². The average molecular weight is 289 g/mol. The van der Waals surface area contributed by atoms with E-state index in [1.54, 1.807) is 13.3 Å². The van der Waals surface area contributed by atoms with Gasteiger partial charge in [0.2, 0.25) is 0 Å². The van der Waals surface area contributed by atoms with E-state index in [-0.39, 0.29) is 6.04 Å². The molecule has 0 saturated heterocycles. The van der Waals surface area contributed by atoms with Gasteiger partial charge >= 0.3 is 0 Å². The van der Waals surface area contributed by atoms with Crippen molar-refractivity contribution in [2.75, 3.05) is 12.4 Å². The highest BCUT2D eigenvalue weighted by Crippen LogP contribution is 2.37. The van der Waals surface area contributed by atoms with Gasteiger partial charge in [-0.2, -0.15) is 0 Å². The molecule has 2 aromatic rings. The van der Waals surface area contributed by atoms with Crippen LogP contribution in [-0.4, -0.2) is 12.1 Å². The summed E-state index contributed by atoms with van der Waals surface area (Å²) in [6.07, 6.45) is 3.87. The van der Waals surface area contributed by atoms with Crippen molar-refractivity contribution in [3.8, 4) is 5.75 Å². The van der Waals surface area contributed by atoms with Crippen molar-refractivity contribution in [2.45, 2.75) is 25.8 Å². The number of nitrogens with zero attached hydrogens (tertiary/aromatic N) is 1. The zero-order valence-electron chi connectivity index (χ0n) is 11.6. The van der Waals surface area contributed by atoms with Gasteiger partial charge in [0, 0.05) is 6.20 Å². The molecule has 0 fully saturated rings. The van der Waals surface area contributed by atoms with Crippen molar-refractivity contribution in [3.63, 3.8) is 0 Å². The SMILES string of the molecule is COc1ccc2c(c1)C(Nc1c(C)ccnc1Cl)CC2. The molecule has 0 radical (unpaired) electrons. The predicted octanol–water partition coefficient (Wildman–Crippen LogP) is 4.15. The molecule has 1 heterocycles. The van der Waals surface area contributed by atoms with E-state index in [2.05, 4.69) is 22.4 Å². The van der Waals surface area contributed by atoms with Crippen LogP contribution >= 0.6 is 11.6 Å². The monoisotopic (exact) mass is 288 g/mol. The van der Waals surface area contributed by atoms with Crippen LogP contribution in [0.1, 0.15) is 29.2 Å². The number of aromatic nitrogens is 1. The van der Waals surface area contributed by atoms with Crippen LogP contribution < -0.4 is 10.1 Å². The molecule has 4 heteroatoms. The number of hydrogen-bond acceptors (Lipinski definition) is 3. The minimum Gasteiger partial charge on any atom is -0.497 e. The highest BCUT2D eigenvalue weighted by atomic mass is 35.5. The molecule has 1 N–H and O–H groups in total. The molecule has 3 nitrogen and oxygen atoms in total. The fourth-order valence-electron chi connectivity index (χ4n) is 2.73. The van der Waals surface area contributed by atoms with Gasteiger partial charge in [-0.05, 0) is 54.7 Å². The summed E-state index contributed by atoms with van der Waals surface area (Å²) in [5, 5.41) is 4.06. The molecular formula is C16H17ClN2O. The maximum atomic E-state index is 6.20. The molecule has 1 aromatic heterocycles. The molecule has 104 valence electrons. The fourth-order valence-corrected chi connectivity index (χ4v) is 2.99. The molecular weight excluding hydrogens is 272 g/mol. The lowest BCUT2D eigenvalue weighted by molar-refractivity contribution is 0.414. The number of pyridine rings is 1. The molecule has 1 aromatic carbocycles. The Kier molecular flexibility index (Phi) is 3.53. The Balaban J connectivity index is 1.92. The number of fused-ring (bicyclic) bond motifs is 1. The minimum atomic E-state index is 0.264. The molecule has 0 bridgehead atoms. The number of hydrogen-bond donors (Lipinski definition) is 1. The van der Waals surface area contributed by atoms with E-state index in [0.717, 1.165) is 29.8 Å². The Morgan fingerprint density at radius 3 is 2.95 bits per heavy atom. The second-order valence-corrected chi connectivity index (χ2v) is 5.45. The summed E-state index contributed by atoms with van der Waals surface area (Å²) in [5.41, 5.74) is 4.71. The topological polar surface area (TPSA) is 34.1 Å². The first-order valence-electron chi connectivity index (χ1n) is 6.73. The molecule has 20 heavy (non-hydrogen) atoms. The lowest BCUT2D eigenvalue weighted by atomic mass is 10.1. The lowest BCUT2D eigenvalue weighted by Gasteiger charge is -2.18. The van der Waals surface area contributed by atoms with E-state index in [4.69, 9.17) is 16.3 Å². The minimum absolute atomic E-state index is 0.264. The van der Waals surface area contributed by atoms with Crippen LogP contribution in [0, 0.1) is 6.92 Å². The van der Waals surface area contributed by atoms with Crippen LogP contribution in [-0.2, 0) is 6.42 Å². The van der Waals surface area contributed by atoms with E-state index < -0.39 is 0 Å². The molecule has 1 aliphatic rings. The number of methoxy groups -OCH3 is 1. The number of benzene rings is 1.